The van der Waals surface area contributed by atoms with Crippen molar-refractivity contribution in [3.8, 4) is 0 Å². The van der Waals surface area contributed by atoms with E-state index in [2.05, 4.69) is 50.4 Å². The number of nitrogens with zero attached hydrogens (tertiary/aromatic N) is 5. The van der Waals surface area contributed by atoms with Crippen LogP contribution >= 0.6 is 0 Å². The maximum atomic E-state index is 6.17. The predicted molar refractivity (Wildman–Crippen MR) is 170 cm³/mol. The molecule has 1 aromatic carbocycles. The van der Waals surface area contributed by atoms with E-state index in [-0.39, 0.29) is 0 Å². The van der Waals surface area contributed by atoms with Crippen molar-refractivity contribution in [2.75, 3.05) is 43.5 Å². The van der Waals surface area contributed by atoms with E-state index in [9.17, 15) is 0 Å². The fourth-order valence-corrected chi connectivity index (χ4v) is 6.95. The Morgan fingerprint density at radius 1 is 0.833 bits per heavy atom. The summed E-state index contributed by atoms with van der Waals surface area (Å²) in [7, 11) is 0. The number of rotatable bonds is 13. The minimum atomic E-state index is 0.330. The Hall–Kier alpha value is -2.75. The van der Waals surface area contributed by atoms with Gasteiger partial charge in [-0.25, -0.2) is 4.98 Å². The van der Waals surface area contributed by atoms with E-state index in [0.29, 0.717) is 24.2 Å². The van der Waals surface area contributed by atoms with Crippen LogP contribution in [-0.2, 0) is 11.2 Å². The lowest BCUT2D eigenvalue weighted by molar-refractivity contribution is 0.127. The third-order valence-electron chi connectivity index (χ3n) is 9.56. The summed E-state index contributed by atoms with van der Waals surface area (Å²) in [6.45, 7) is 5.04. The molecular weight excluding hydrogens is 524 g/mol. The molecule has 2 aliphatic carbocycles. The van der Waals surface area contributed by atoms with Gasteiger partial charge in [0.05, 0.1) is 12.9 Å². The zero-order valence-electron chi connectivity index (χ0n) is 25.2. The van der Waals surface area contributed by atoms with Crippen molar-refractivity contribution >= 4 is 22.9 Å². The van der Waals surface area contributed by atoms with Crippen LogP contribution in [0.2, 0.25) is 0 Å². The van der Waals surface area contributed by atoms with E-state index < -0.39 is 0 Å². The van der Waals surface area contributed by atoms with Crippen LogP contribution < -0.4 is 16.4 Å². The van der Waals surface area contributed by atoms with Gasteiger partial charge in [-0.2, -0.15) is 9.97 Å². The zero-order valence-corrected chi connectivity index (χ0v) is 25.2. The summed E-state index contributed by atoms with van der Waals surface area (Å²) in [5, 5.41) is 7.46. The third kappa shape index (κ3) is 7.79. The summed E-state index contributed by atoms with van der Waals surface area (Å²) in [5.41, 5.74) is 9.40. The standard InChI is InChI=1S/C33H50N8O/c34-26-12-14-27(15-13-26)36-31-30-32(41(24-35-30)29-10-4-5-11-29)39-33(38-31)37-28-16-20-40(21-17-28)19-6-7-22-42-23-18-25-8-2-1-3-9-25/h1-3,8-9,24,26-29H,4-7,10-23,34H2,(H2,36,37,38,39). The number of nitrogens with two attached hydrogens (primary N) is 1. The van der Waals surface area contributed by atoms with E-state index in [1.54, 1.807) is 0 Å². The van der Waals surface area contributed by atoms with Gasteiger partial charge in [-0.15, -0.1) is 0 Å². The highest BCUT2D eigenvalue weighted by molar-refractivity contribution is 5.84. The largest absolute Gasteiger partial charge is 0.381 e. The van der Waals surface area contributed by atoms with E-state index >= 15 is 0 Å². The average molecular weight is 575 g/mol. The number of hydrogen-bond donors (Lipinski definition) is 3. The maximum absolute atomic E-state index is 6.17. The van der Waals surface area contributed by atoms with Crippen molar-refractivity contribution in [1.29, 1.82) is 0 Å². The average Bonchev–Trinajstić information content (AvgIpc) is 3.70. The highest BCUT2D eigenvalue weighted by Crippen LogP contribution is 2.34. The first-order valence-electron chi connectivity index (χ1n) is 16.6. The Bertz CT molecular complexity index is 1230. The molecule has 9 nitrogen and oxygen atoms in total. The number of fused-ring (bicyclic) bond motifs is 1. The Morgan fingerprint density at radius 2 is 1.60 bits per heavy atom. The molecule has 1 aliphatic heterocycles. The molecule has 0 atom stereocenters. The quantitative estimate of drug-likeness (QED) is 0.229. The second-order valence-electron chi connectivity index (χ2n) is 12.7. The lowest BCUT2D eigenvalue weighted by Crippen LogP contribution is -2.40. The molecule has 9 heteroatoms. The molecule has 2 aromatic heterocycles. The molecule has 0 spiro atoms. The summed E-state index contributed by atoms with van der Waals surface area (Å²) in [5.74, 6) is 1.62. The van der Waals surface area contributed by atoms with Crippen LogP contribution in [0.15, 0.2) is 36.7 Å². The Kier molecular flexibility index (Phi) is 10.2. The first-order valence-corrected chi connectivity index (χ1v) is 16.6. The van der Waals surface area contributed by atoms with Gasteiger partial charge in [0.15, 0.2) is 17.0 Å². The van der Waals surface area contributed by atoms with Gasteiger partial charge in [-0.05, 0) is 82.7 Å². The van der Waals surface area contributed by atoms with Crippen LogP contribution in [0.3, 0.4) is 0 Å². The number of piperidine rings is 1. The number of ether oxygens (including phenoxy) is 1. The topological polar surface area (TPSA) is 106 Å². The van der Waals surface area contributed by atoms with Gasteiger partial charge in [-0.1, -0.05) is 43.2 Å². The van der Waals surface area contributed by atoms with E-state index in [1.165, 1.54) is 37.7 Å². The summed E-state index contributed by atoms with van der Waals surface area (Å²) >= 11 is 0. The molecule has 1 saturated heterocycles. The molecule has 4 N–H and O–H groups in total. The normalized spacial score (nSPS) is 22.6. The Labute approximate surface area is 251 Å². The molecule has 42 heavy (non-hydrogen) atoms. The molecule has 228 valence electrons. The monoisotopic (exact) mass is 574 g/mol. The number of anilines is 2. The number of likely N-dealkylation sites (tertiary alicyclic amines) is 1. The van der Waals surface area contributed by atoms with Gasteiger partial charge in [0.2, 0.25) is 5.95 Å². The summed E-state index contributed by atoms with van der Waals surface area (Å²) in [4.78, 5) is 17.5. The van der Waals surface area contributed by atoms with Crippen molar-refractivity contribution in [1.82, 2.24) is 24.4 Å². The lowest BCUT2D eigenvalue weighted by Gasteiger charge is -2.32. The fraction of sp³-hybridized carbons (Fsp3) is 0.667. The van der Waals surface area contributed by atoms with Gasteiger partial charge in [0, 0.05) is 43.9 Å². The van der Waals surface area contributed by atoms with Crippen molar-refractivity contribution < 1.29 is 4.74 Å². The second-order valence-corrected chi connectivity index (χ2v) is 12.7. The smallest absolute Gasteiger partial charge is 0.227 e. The number of unbranched alkanes of at least 4 members (excludes halogenated alkanes) is 1. The van der Waals surface area contributed by atoms with Gasteiger partial charge in [0.25, 0.3) is 0 Å². The van der Waals surface area contributed by atoms with Gasteiger partial charge < -0.3 is 30.6 Å². The van der Waals surface area contributed by atoms with Crippen molar-refractivity contribution in [3.63, 3.8) is 0 Å². The van der Waals surface area contributed by atoms with Crippen LogP contribution in [0.1, 0.15) is 88.7 Å². The molecule has 3 aliphatic rings. The van der Waals surface area contributed by atoms with Crippen LogP contribution in [-0.4, -0.2) is 75.4 Å². The van der Waals surface area contributed by atoms with Crippen molar-refractivity contribution in [3.05, 3.63) is 42.2 Å². The molecule has 2 saturated carbocycles. The van der Waals surface area contributed by atoms with E-state index in [4.69, 9.17) is 25.4 Å². The molecule has 0 bridgehead atoms. The number of aromatic nitrogens is 4. The van der Waals surface area contributed by atoms with Crippen LogP contribution in [0.4, 0.5) is 11.8 Å². The third-order valence-corrected chi connectivity index (χ3v) is 9.56. The molecule has 3 heterocycles. The first-order chi connectivity index (χ1) is 20.7. The summed E-state index contributed by atoms with van der Waals surface area (Å²) < 4.78 is 8.19. The van der Waals surface area contributed by atoms with E-state index in [1.807, 2.05) is 6.33 Å². The van der Waals surface area contributed by atoms with Crippen molar-refractivity contribution in [2.24, 2.45) is 5.73 Å². The number of hydrogen-bond acceptors (Lipinski definition) is 8. The SMILES string of the molecule is NC1CCC(Nc2nc(NC3CCN(CCCCOCCc4ccccc4)CC3)nc3c2ncn3C2CCCC2)CC1. The summed E-state index contributed by atoms with van der Waals surface area (Å²) in [6, 6.07) is 12.2. The second kappa shape index (κ2) is 14.6. The number of nitrogens with one attached hydrogen (secondary N) is 2. The highest BCUT2D eigenvalue weighted by atomic mass is 16.5. The molecule has 0 amide bonds. The van der Waals surface area contributed by atoms with Gasteiger partial charge in [0.1, 0.15) is 0 Å². The minimum Gasteiger partial charge on any atom is -0.381 e. The molecule has 3 aromatic rings. The predicted octanol–water partition coefficient (Wildman–Crippen LogP) is 5.54. The lowest BCUT2D eigenvalue weighted by atomic mass is 9.92. The zero-order chi connectivity index (χ0) is 28.6. The number of benzene rings is 1. The molecular formula is C33H50N8O. The molecule has 0 radical (unpaired) electrons. The van der Waals surface area contributed by atoms with Crippen molar-refractivity contribution in [2.45, 2.75) is 108 Å². The molecule has 3 fully saturated rings. The van der Waals surface area contributed by atoms with E-state index in [0.717, 1.165) is 107 Å². The van der Waals surface area contributed by atoms with Crippen LogP contribution in [0.5, 0.6) is 0 Å². The Balaban J connectivity index is 0.990. The Morgan fingerprint density at radius 3 is 2.38 bits per heavy atom. The maximum Gasteiger partial charge on any atom is 0.227 e. The number of imidazole rings is 1. The molecule has 0 unspecified atom stereocenters. The molecule has 6 rings (SSSR count). The summed E-state index contributed by atoms with van der Waals surface area (Å²) in [6.07, 6.45) is 16.8. The fourth-order valence-electron chi connectivity index (χ4n) is 6.95. The highest BCUT2D eigenvalue weighted by Gasteiger charge is 2.26. The van der Waals surface area contributed by atoms with Gasteiger partial charge >= 0.3 is 0 Å². The van der Waals surface area contributed by atoms with Gasteiger partial charge in [-0.3, -0.25) is 0 Å². The van der Waals surface area contributed by atoms with Crippen LogP contribution in [0, 0.1) is 0 Å². The van der Waals surface area contributed by atoms with Crippen LogP contribution in [0.25, 0.3) is 11.2 Å². The minimum absolute atomic E-state index is 0.330. The first kappa shape index (κ1) is 29.3.